The van der Waals surface area contributed by atoms with E-state index in [-0.39, 0.29) is 0 Å². The number of hydrogen-bond donors (Lipinski definition) is 2. The zero-order valence-electron chi connectivity index (χ0n) is 5.67. The minimum absolute atomic E-state index is 1.07. The van der Waals surface area contributed by atoms with Crippen molar-refractivity contribution in [2.45, 2.75) is 6.42 Å². The Morgan fingerprint density at radius 2 is 2.60 bits per heavy atom. The van der Waals surface area contributed by atoms with Crippen molar-refractivity contribution >= 4 is 5.69 Å². The summed E-state index contributed by atoms with van der Waals surface area (Å²) < 4.78 is 0. The molecular formula is C6H10N4. The molecule has 4 nitrogen and oxygen atoms in total. The molecule has 0 radical (unpaired) electrons. The second kappa shape index (κ2) is 2.30. The van der Waals surface area contributed by atoms with Gasteiger partial charge in [-0.1, -0.05) is 0 Å². The SMILES string of the molecule is c1n[nH]cc1N1CCCN1. The normalized spacial score (nSPS) is 18.2. The van der Waals surface area contributed by atoms with Crippen LogP contribution in [0, 0.1) is 0 Å². The monoisotopic (exact) mass is 138 g/mol. The fourth-order valence-corrected chi connectivity index (χ4v) is 1.14. The van der Waals surface area contributed by atoms with Crippen molar-refractivity contribution in [1.82, 2.24) is 15.6 Å². The van der Waals surface area contributed by atoms with Crippen LogP contribution in [0.4, 0.5) is 5.69 Å². The third kappa shape index (κ3) is 0.863. The third-order valence-corrected chi connectivity index (χ3v) is 1.66. The number of rotatable bonds is 1. The van der Waals surface area contributed by atoms with Gasteiger partial charge in [0.1, 0.15) is 0 Å². The molecule has 2 heterocycles. The Labute approximate surface area is 59.2 Å². The molecule has 0 unspecified atom stereocenters. The van der Waals surface area contributed by atoms with E-state index in [1.807, 2.05) is 12.4 Å². The van der Waals surface area contributed by atoms with Crippen LogP contribution >= 0.6 is 0 Å². The van der Waals surface area contributed by atoms with Gasteiger partial charge in [0.15, 0.2) is 0 Å². The molecule has 0 spiro atoms. The van der Waals surface area contributed by atoms with Gasteiger partial charge in [-0.3, -0.25) is 5.10 Å². The number of hydrazine groups is 1. The van der Waals surface area contributed by atoms with Crippen molar-refractivity contribution in [3.8, 4) is 0 Å². The predicted octanol–water partition coefficient (Wildman–Crippen LogP) is 0.124. The molecule has 10 heavy (non-hydrogen) atoms. The van der Waals surface area contributed by atoms with Crippen LogP contribution in [0.1, 0.15) is 6.42 Å². The Balaban J connectivity index is 2.12. The highest BCUT2D eigenvalue weighted by Crippen LogP contribution is 2.10. The Morgan fingerprint density at radius 3 is 3.20 bits per heavy atom. The summed E-state index contributed by atoms with van der Waals surface area (Å²) in [4.78, 5) is 0. The molecule has 1 saturated heterocycles. The van der Waals surface area contributed by atoms with Gasteiger partial charge in [0, 0.05) is 19.3 Å². The zero-order valence-corrected chi connectivity index (χ0v) is 5.67. The number of hydrogen-bond acceptors (Lipinski definition) is 3. The molecule has 0 atom stereocenters. The second-order valence-corrected chi connectivity index (χ2v) is 2.37. The van der Waals surface area contributed by atoms with E-state index in [0.29, 0.717) is 0 Å². The average molecular weight is 138 g/mol. The van der Waals surface area contributed by atoms with Gasteiger partial charge < -0.3 is 5.01 Å². The first-order valence-electron chi connectivity index (χ1n) is 3.46. The molecule has 1 aromatic heterocycles. The minimum atomic E-state index is 1.07. The van der Waals surface area contributed by atoms with E-state index < -0.39 is 0 Å². The van der Waals surface area contributed by atoms with E-state index in [9.17, 15) is 0 Å². The molecule has 0 amide bonds. The van der Waals surface area contributed by atoms with Crippen molar-refractivity contribution in [1.29, 1.82) is 0 Å². The Kier molecular flexibility index (Phi) is 1.32. The first-order valence-corrected chi connectivity index (χ1v) is 3.46. The molecule has 2 N–H and O–H groups in total. The molecule has 0 aromatic carbocycles. The molecule has 2 rings (SSSR count). The van der Waals surface area contributed by atoms with Crippen LogP contribution in [0.5, 0.6) is 0 Å². The first kappa shape index (κ1) is 5.73. The Morgan fingerprint density at radius 1 is 1.60 bits per heavy atom. The van der Waals surface area contributed by atoms with Crippen molar-refractivity contribution in [2.24, 2.45) is 0 Å². The number of aromatic amines is 1. The van der Waals surface area contributed by atoms with Gasteiger partial charge in [0.25, 0.3) is 0 Å². The first-order chi connectivity index (χ1) is 4.97. The zero-order chi connectivity index (χ0) is 6.81. The van der Waals surface area contributed by atoms with Crippen molar-refractivity contribution in [2.75, 3.05) is 18.1 Å². The van der Waals surface area contributed by atoms with Crippen molar-refractivity contribution < 1.29 is 0 Å². The molecule has 1 aliphatic heterocycles. The van der Waals surface area contributed by atoms with Crippen LogP contribution in [-0.2, 0) is 0 Å². The summed E-state index contributed by atoms with van der Waals surface area (Å²) in [6, 6.07) is 0. The fraction of sp³-hybridized carbons (Fsp3) is 0.500. The molecular weight excluding hydrogens is 128 g/mol. The summed E-state index contributed by atoms with van der Waals surface area (Å²) in [5, 5.41) is 8.74. The molecule has 4 heteroatoms. The lowest BCUT2D eigenvalue weighted by Gasteiger charge is -2.13. The minimum Gasteiger partial charge on any atom is -0.305 e. The van der Waals surface area contributed by atoms with Crippen molar-refractivity contribution in [3.05, 3.63) is 12.4 Å². The standard InChI is InChI=1S/C6H10N4/c1-2-9-10(3-1)6-4-7-8-5-6/h4-5,9H,1-3H2,(H,7,8). The van der Waals surface area contributed by atoms with E-state index >= 15 is 0 Å². The molecule has 1 fully saturated rings. The van der Waals surface area contributed by atoms with E-state index in [1.54, 1.807) is 0 Å². The van der Waals surface area contributed by atoms with Gasteiger partial charge >= 0.3 is 0 Å². The van der Waals surface area contributed by atoms with Gasteiger partial charge in [0.05, 0.1) is 11.9 Å². The average Bonchev–Trinajstić information content (AvgIpc) is 2.59. The highest BCUT2D eigenvalue weighted by molar-refractivity contribution is 5.40. The summed E-state index contributed by atoms with van der Waals surface area (Å²) in [5.41, 5.74) is 4.36. The Hall–Kier alpha value is -1.03. The summed E-state index contributed by atoms with van der Waals surface area (Å²) in [6.45, 7) is 2.16. The van der Waals surface area contributed by atoms with E-state index in [4.69, 9.17) is 0 Å². The maximum atomic E-state index is 3.86. The van der Waals surface area contributed by atoms with Crippen LogP contribution in [0.15, 0.2) is 12.4 Å². The number of nitrogens with one attached hydrogen (secondary N) is 2. The summed E-state index contributed by atoms with van der Waals surface area (Å²) >= 11 is 0. The van der Waals surface area contributed by atoms with Gasteiger partial charge in [-0.2, -0.15) is 5.10 Å². The van der Waals surface area contributed by atoms with E-state index in [2.05, 4.69) is 20.6 Å². The molecule has 54 valence electrons. The van der Waals surface area contributed by atoms with Crippen LogP contribution in [0.25, 0.3) is 0 Å². The van der Waals surface area contributed by atoms with Crippen LogP contribution in [0.2, 0.25) is 0 Å². The van der Waals surface area contributed by atoms with E-state index in [1.165, 1.54) is 6.42 Å². The smallest absolute Gasteiger partial charge is 0.0897 e. The lowest BCUT2D eigenvalue weighted by atomic mass is 10.4. The summed E-state index contributed by atoms with van der Waals surface area (Å²) in [5.74, 6) is 0. The van der Waals surface area contributed by atoms with Crippen LogP contribution in [-0.4, -0.2) is 23.3 Å². The molecule has 0 aliphatic carbocycles. The summed E-state index contributed by atoms with van der Waals surface area (Å²) in [6.07, 6.45) is 4.92. The predicted molar refractivity (Wildman–Crippen MR) is 38.6 cm³/mol. The lowest BCUT2D eigenvalue weighted by molar-refractivity contribution is 0.788. The maximum absolute atomic E-state index is 3.86. The van der Waals surface area contributed by atoms with Crippen LogP contribution < -0.4 is 10.4 Å². The van der Waals surface area contributed by atoms with E-state index in [0.717, 1.165) is 18.8 Å². The maximum Gasteiger partial charge on any atom is 0.0897 e. The number of anilines is 1. The Bertz CT molecular complexity index is 188. The molecule has 0 saturated carbocycles. The summed E-state index contributed by atoms with van der Waals surface area (Å²) in [7, 11) is 0. The van der Waals surface area contributed by atoms with Gasteiger partial charge in [0.2, 0.25) is 0 Å². The van der Waals surface area contributed by atoms with Crippen LogP contribution in [0.3, 0.4) is 0 Å². The fourth-order valence-electron chi connectivity index (χ4n) is 1.14. The molecule has 1 aliphatic rings. The molecule has 0 bridgehead atoms. The highest BCUT2D eigenvalue weighted by atomic mass is 15.5. The topological polar surface area (TPSA) is 44.0 Å². The lowest BCUT2D eigenvalue weighted by Crippen LogP contribution is -2.29. The van der Waals surface area contributed by atoms with Gasteiger partial charge in [-0.05, 0) is 6.42 Å². The second-order valence-electron chi connectivity index (χ2n) is 2.37. The molecule has 1 aromatic rings. The van der Waals surface area contributed by atoms with Crippen molar-refractivity contribution in [3.63, 3.8) is 0 Å². The highest BCUT2D eigenvalue weighted by Gasteiger charge is 2.11. The number of nitrogens with zero attached hydrogens (tertiary/aromatic N) is 2. The van der Waals surface area contributed by atoms with Gasteiger partial charge in [-0.15, -0.1) is 0 Å². The quantitative estimate of drug-likeness (QED) is 0.579. The number of aromatic nitrogens is 2. The number of H-pyrrole nitrogens is 1. The van der Waals surface area contributed by atoms with Gasteiger partial charge in [-0.25, -0.2) is 5.43 Å². The largest absolute Gasteiger partial charge is 0.305 e. The third-order valence-electron chi connectivity index (χ3n) is 1.66.